The smallest absolute Gasteiger partial charge is 0.101 e. The highest BCUT2D eigenvalue weighted by atomic mass is 16.5. The maximum absolute atomic E-state index is 8.82. The highest BCUT2D eigenvalue weighted by Crippen LogP contribution is 2.18. The van der Waals surface area contributed by atoms with Crippen molar-refractivity contribution in [2.24, 2.45) is 11.7 Å². The number of methoxy groups -OCH3 is 1. The summed E-state index contributed by atoms with van der Waals surface area (Å²) in [5.41, 5.74) is 5.14. The molecule has 4 heteroatoms. The van der Waals surface area contributed by atoms with Crippen LogP contribution in [-0.4, -0.2) is 43.8 Å². The van der Waals surface area contributed by atoms with Crippen LogP contribution in [0.3, 0.4) is 0 Å². The Morgan fingerprint density at radius 1 is 1.47 bits per heavy atom. The second-order valence-corrected chi connectivity index (χ2v) is 5.37. The van der Waals surface area contributed by atoms with Gasteiger partial charge >= 0.3 is 0 Å². The maximum atomic E-state index is 8.82. The minimum atomic E-state index is -0.658. The lowest BCUT2D eigenvalue weighted by atomic mass is 9.96. The van der Waals surface area contributed by atoms with E-state index in [-0.39, 0.29) is 0 Å². The van der Waals surface area contributed by atoms with Crippen LogP contribution in [0.25, 0.3) is 0 Å². The molecule has 1 fully saturated rings. The van der Waals surface area contributed by atoms with Crippen molar-refractivity contribution in [1.82, 2.24) is 4.90 Å². The number of nitrogens with two attached hydrogens (primary N) is 1. The van der Waals surface area contributed by atoms with Gasteiger partial charge in [0.05, 0.1) is 6.07 Å². The van der Waals surface area contributed by atoms with Crippen LogP contribution in [0.4, 0.5) is 0 Å². The van der Waals surface area contributed by atoms with Crippen LogP contribution in [0.15, 0.2) is 0 Å². The first-order valence-corrected chi connectivity index (χ1v) is 6.49. The fourth-order valence-electron chi connectivity index (χ4n) is 2.34. The summed E-state index contributed by atoms with van der Waals surface area (Å²) in [4.78, 5) is 2.47. The third-order valence-electron chi connectivity index (χ3n) is 3.54. The molecule has 1 aliphatic rings. The molecule has 0 bridgehead atoms. The molecule has 1 atom stereocenters. The Bertz CT molecular complexity index is 252. The van der Waals surface area contributed by atoms with Crippen molar-refractivity contribution < 1.29 is 4.74 Å². The molecule has 1 saturated heterocycles. The van der Waals surface area contributed by atoms with E-state index in [4.69, 9.17) is 15.7 Å². The number of hydrogen-bond acceptors (Lipinski definition) is 4. The average molecular weight is 239 g/mol. The van der Waals surface area contributed by atoms with Gasteiger partial charge in [0.1, 0.15) is 5.54 Å². The van der Waals surface area contributed by atoms with Crippen molar-refractivity contribution in [3.8, 4) is 6.07 Å². The molecule has 1 unspecified atom stereocenters. The monoisotopic (exact) mass is 239 g/mol. The van der Waals surface area contributed by atoms with Gasteiger partial charge in [0.15, 0.2) is 0 Å². The van der Waals surface area contributed by atoms with Crippen molar-refractivity contribution in [2.45, 2.75) is 38.1 Å². The SMILES string of the molecule is COCC1CCN(CCCC(C)(N)C#N)CC1. The van der Waals surface area contributed by atoms with Gasteiger partial charge in [-0.05, 0) is 58.2 Å². The van der Waals surface area contributed by atoms with E-state index in [1.807, 2.05) is 0 Å². The Balaban J connectivity index is 2.13. The van der Waals surface area contributed by atoms with E-state index in [9.17, 15) is 0 Å². The fourth-order valence-corrected chi connectivity index (χ4v) is 2.34. The van der Waals surface area contributed by atoms with E-state index in [1.54, 1.807) is 14.0 Å². The summed E-state index contributed by atoms with van der Waals surface area (Å²) in [6.07, 6.45) is 4.25. The molecular formula is C13H25N3O. The lowest BCUT2D eigenvalue weighted by Crippen LogP contribution is -2.38. The summed E-state index contributed by atoms with van der Waals surface area (Å²) in [7, 11) is 1.77. The molecule has 0 spiro atoms. The number of ether oxygens (including phenoxy) is 1. The molecule has 0 aromatic carbocycles. The first-order chi connectivity index (χ1) is 8.07. The Labute approximate surface area is 105 Å². The van der Waals surface area contributed by atoms with Crippen molar-refractivity contribution in [3.05, 3.63) is 0 Å². The van der Waals surface area contributed by atoms with Crippen LogP contribution < -0.4 is 5.73 Å². The molecule has 2 N–H and O–H groups in total. The summed E-state index contributed by atoms with van der Waals surface area (Å²) in [5.74, 6) is 0.732. The van der Waals surface area contributed by atoms with E-state index in [1.165, 1.54) is 12.8 Å². The lowest BCUT2D eigenvalue weighted by Gasteiger charge is -2.32. The molecule has 4 nitrogen and oxygen atoms in total. The molecule has 0 aromatic rings. The van der Waals surface area contributed by atoms with Gasteiger partial charge in [0, 0.05) is 13.7 Å². The second kappa shape index (κ2) is 6.95. The molecule has 0 radical (unpaired) electrons. The van der Waals surface area contributed by atoms with E-state index in [0.29, 0.717) is 0 Å². The van der Waals surface area contributed by atoms with Crippen molar-refractivity contribution in [3.63, 3.8) is 0 Å². The first-order valence-electron chi connectivity index (χ1n) is 6.49. The van der Waals surface area contributed by atoms with Crippen molar-refractivity contribution in [2.75, 3.05) is 33.4 Å². The largest absolute Gasteiger partial charge is 0.384 e. The Morgan fingerprint density at radius 2 is 2.12 bits per heavy atom. The topological polar surface area (TPSA) is 62.3 Å². The van der Waals surface area contributed by atoms with Crippen LogP contribution in [0.5, 0.6) is 0 Å². The van der Waals surface area contributed by atoms with Gasteiger partial charge in [-0.15, -0.1) is 0 Å². The number of rotatable bonds is 6. The third kappa shape index (κ3) is 5.49. The third-order valence-corrected chi connectivity index (χ3v) is 3.54. The molecule has 0 aromatic heterocycles. The second-order valence-electron chi connectivity index (χ2n) is 5.37. The van der Waals surface area contributed by atoms with Gasteiger partial charge in [-0.25, -0.2) is 0 Å². The van der Waals surface area contributed by atoms with Gasteiger partial charge in [0.2, 0.25) is 0 Å². The van der Waals surface area contributed by atoms with Crippen LogP contribution >= 0.6 is 0 Å². The number of piperidine rings is 1. The predicted octanol–water partition coefficient (Wildman–Crippen LogP) is 1.37. The van der Waals surface area contributed by atoms with Crippen molar-refractivity contribution >= 4 is 0 Å². The quantitative estimate of drug-likeness (QED) is 0.760. The molecule has 17 heavy (non-hydrogen) atoms. The number of nitriles is 1. The van der Waals surface area contributed by atoms with E-state index in [2.05, 4.69) is 11.0 Å². The van der Waals surface area contributed by atoms with Crippen LogP contribution in [0.1, 0.15) is 32.6 Å². The van der Waals surface area contributed by atoms with Gasteiger partial charge in [0.25, 0.3) is 0 Å². The number of nitrogens with zero attached hydrogens (tertiary/aromatic N) is 2. The molecule has 1 rings (SSSR count). The number of hydrogen-bond donors (Lipinski definition) is 1. The summed E-state index contributed by atoms with van der Waals surface area (Å²) in [6, 6.07) is 2.15. The minimum absolute atomic E-state index is 0.658. The maximum Gasteiger partial charge on any atom is 0.101 e. The summed E-state index contributed by atoms with van der Waals surface area (Å²) >= 11 is 0. The van der Waals surface area contributed by atoms with Gasteiger partial charge in [-0.2, -0.15) is 5.26 Å². The highest BCUT2D eigenvalue weighted by molar-refractivity contribution is 5.00. The number of likely N-dealkylation sites (tertiary alicyclic amines) is 1. The zero-order valence-corrected chi connectivity index (χ0v) is 11.1. The fraction of sp³-hybridized carbons (Fsp3) is 0.923. The average Bonchev–Trinajstić information content (AvgIpc) is 2.32. The predicted molar refractivity (Wildman–Crippen MR) is 68.5 cm³/mol. The van der Waals surface area contributed by atoms with Crippen LogP contribution in [0.2, 0.25) is 0 Å². The van der Waals surface area contributed by atoms with E-state index >= 15 is 0 Å². The van der Waals surface area contributed by atoms with Crippen molar-refractivity contribution in [1.29, 1.82) is 5.26 Å². The molecule has 98 valence electrons. The van der Waals surface area contributed by atoms with Crippen LogP contribution in [-0.2, 0) is 4.74 Å². The Kier molecular flexibility index (Phi) is 5.90. The summed E-state index contributed by atoms with van der Waals surface area (Å²) in [5, 5.41) is 8.82. The minimum Gasteiger partial charge on any atom is -0.384 e. The molecule has 0 aliphatic carbocycles. The van der Waals surface area contributed by atoms with E-state index < -0.39 is 5.54 Å². The first kappa shape index (κ1) is 14.4. The molecule has 1 aliphatic heterocycles. The zero-order valence-electron chi connectivity index (χ0n) is 11.1. The van der Waals surface area contributed by atoms with Gasteiger partial charge in [-0.3, -0.25) is 0 Å². The molecular weight excluding hydrogens is 214 g/mol. The standard InChI is InChI=1S/C13H25N3O/c1-13(15,11-14)6-3-7-16-8-4-12(5-9-16)10-17-2/h12H,3-10,15H2,1-2H3. The van der Waals surface area contributed by atoms with Gasteiger partial charge < -0.3 is 15.4 Å². The van der Waals surface area contributed by atoms with Crippen LogP contribution in [0, 0.1) is 17.2 Å². The molecule has 1 heterocycles. The molecule has 0 saturated carbocycles. The summed E-state index contributed by atoms with van der Waals surface area (Å²) in [6.45, 7) is 6.07. The zero-order chi connectivity index (χ0) is 12.7. The highest BCUT2D eigenvalue weighted by Gasteiger charge is 2.20. The Hall–Kier alpha value is -0.630. The molecule has 0 amide bonds. The normalized spacial score (nSPS) is 22.0. The lowest BCUT2D eigenvalue weighted by molar-refractivity contribution is 0.0984. The summed E-state index contributed by atoms with van der Waals surface area (Å²) < 4.78 is 5.19. The van der Waals surface area contributed by atoms with Gasteiger partial charge in [-0.1, -0.05) is 0 Å². The Morgan fingerprint density at radius 3 is 2.65 bits per heavy atom. The van der Waals surface area contributed by atoms with E-state index in [0.717, 1.165) is 45.0 Å².